The van der Waals surface area contributed by atoms with Gasteiger partial charge in [0.05, 0.1) is 12.0 Å². The predicted octanol–water partition coefficient (Wildman–Crippen LogP) is 1.40. The average molecular weight is 249 g/mol. The monoisotopic (exact) mass is 249 g/mol. The van der Waals surface area contributed by atoms with Gasteiger partial charge in [0.1, 0.15) is 0 Å². The van der Waals surface area contributed by atoms with Crippen molar-refractivity contribution in [3.8, 4) is 0 Å². The van der Waals surface area contributed by atoms with Crippen LogP contribution in [0.5, 0.6) is 0 Å². The summed E-state index contributed by atoms with van der Waals surface area (Å²) in [7, 11) is 0. The van der Waals surface area contributed by atoms with Crippen molar-refractivity contribution in [1.29, 1.82) is 0 Å². The van der Waals surface area contributed by atoms with Gasteiger partial charge >= 0.3 is 0 Å². The molecule has 2 rings (SSSR count). The smallest absolute Gasteiger partial charge is 0.228 e. The van der Waals surface area contributed by atoms with Crippen LogP contribution in [0.25, 0.3) is 0 Å². The van der Waals surface area contributed by atoms with Gasteiger partial charge in [0.15, 0.2) is 6.33 Å². The lowest BCUT2D eigenvalue weighted by molar-refractivity contribution is 0.368. The molecule has 2 heterocycles. The Hall–Kier alpha value is -1.69. The van der Waals surface area contributed by atoms with E-state index in [-0.39, 0.29) is 5.54 Å². The van der Waals surface area contributed by atoms with E-state index >= 15 is 0 Å². The molecule has 0 bridgehead atoms. The van der Waals surface area contributed by atoms with Crippen LogP contribution in [0.15, 0.2) is 23.4 Å². The summed E-state index contributed by atoms with van der Waals surface area (Å²) in [5, 5.41) is 7.04. The molecule has 0 unspecified atom stereocenters. The molecule has 98 valence electrons. The molecule has 0 atom stereocenters. The van der Waals surface area contributed by atoms with Crippen molar-refractivity contribution >= 4 is 0 Å². The first-order valence-electron chi connectivity index (χ1n) is 6.04. The minimum absolute atomic E-state index is 0.0988. The molecule has 6 heteroatoms. The highest BCUT2D eigenvalue weighted by molar-refractivity contribution is 4.99. The Morgan fingerprint density at radius 2 is 2.22 bits per heavy atom. The van der Waals surface area contributed by atoms with E-state index in [1.54, 1.807) is 0 Å². The summed E-state index contributed by atoms with van der Waals surface area (Å²) in [6.45, 7) is 8.03. The van der Waals surface area contributed by atoms with Crippen LogP contribution in [0.2, 0.25) is 0 Å². The molecular weight excluding hydrogens is 230 g/mol. The lowest BCUT2D eigenvalue weighted by Crippen LogP contribution is -2.35. The van der Waals surface area contributed by atoms with E-state index in [2.05, 4.69) is 45.8 Å². The predicted molar refractivity (Wildman–Crippen MR) is 66.8 cm³/mol. The second kappa shape index (κ2) is 5.30. The highest BCUT2D eigenvalue weighted by Gasteiger charge is 2.11. The first-order valence-corrected chi connectivity index (χ1v) is 6.04. The molecular formula is C12H19N5O. The Kier molecular flexibility index (Phi) is 3.76. The third-order valence-electron chi connectivity index (χ3n) is 2.57. The van der Waals surface area contributed by atoms with Gasteiger partial charge in [-0.2, -0.15) is 4.98 Å². The number of hydrogen-bond donors (Lipinski definition) is 1. The molecule has 0 amide bonds. The van der Waals surface area contributed by atoms with Crippen molar-refractivity contribution in [2.45, 2.75) is 45.8 Å². The van der Waals surface area contributed by atoms with Crippen LogP contribution >= 0.6 is 0 Å². The molecule has 1 N–H and O–H groups in total. The zero-order valence-electron chi connectivity index (χ0n) is 11.1. The number of rotatable bonds is 5. The minimum Gasteiger partial charge on any atom is -0.340 e. The zero-order chi connectivity index (χ0) is 13.0. The summed E-state index contributed by atoms with van der Waals surface area (Å²) < 4.78 is 7.08. The molecule has 0 aliphatic heterocycles. The molecule has 0 radical (unpaired) electrons. The van der Waals surface area contributed by atoms with Crippen LogP contribution in [0.4, 0.5) is 0 Å². The molecule has 0 aliphatic carbocycles. The fourth-order valence-corrected chi connectivity index (χ4v) is 1.57. The number of aryl methyl sites for hydroxylation is 2. The van der Waals surface area contributed by atoms with E-state index in [9.17, 15) is 0 Å². The van der Waals surface area contributed by atoms with Crippen molar-refractivity contribution in [3.63, 3.8) is 0 Å². The Balaban J connectivity index is 1.91. The van der Waals surface area contributed by atoms with Crippen molar-refractivity contribution < 1.29 is 4.52 Å². The van der Waals surface area contributed by atoms with Gasteiger partial charge in [0, 0.05) is 31.2 Å². The Labute approximate surface area is 106 Å². The number of imidazole rings is 1. The lowest BCUT2D eigenvalue weighted by Gasteiger charge is -2.20. The van der Waals surface area contributed by atoms with Gasteiger partial charge in [-0.25, -0.2) is 4.98 Å². The van der Waals surface area contributed by atoms with E-state index in [1.807, 2.05) is 12.5 Å². The topological polar surface area (TPSA) is 68.8 Å². The van der Waals surface area contributed by atoms with E-state index in [1.165, 1.54) is 6.33 Å². The molecule has 2 aromatic rings. The Morgan fingerprint density at radius 3 is 2.89 bits per heavy atom. The van der Waals surface area contributed by atoms with Crippen molar-refractivity contribution in [2.24, 2.45) is 0 Å². The summed E-state index contributed by atoms with van der Waals surface area (Å²) in [5.41, 5.74) is 1.26. The minimum atomic E-state index is 0.0988. The number of aromatic nitrogens is 4. The maximum Gasteiger partial charge on any atom is 0.228 e. The lowest BCUT2D eigenvalue weighted by atomic mass is 10.1. The summed E-state index contributed by atoms with van der Waals surface area (Å²) in [5.74, 6) is 0.651. The summed E-state index contributed by atoms with van der Waals surface area (Å²) in [6.07, 6.45) is 5.85. The van der Waals surface area contributed by atoms with Crippen LogP contribution in [-0.4, -0.2) is 25.2 Å². The normalized spacial score (nSPS) is 11.9. The van der Waals surface area contributed by atoms with Crippen molar-refractivity contribution in [1.82, 2.24) is 25.0 Å². The van der Waals surface area contributed by atoms with Crippen LogP contribution in [0, 0.1) is 0 Å². The molecule has 2 aromatic heterocycles. The van der Waals surface area contributed by atoms with Gasteiger partial charge in [-0.3, -0.25) is 0 Å². The van der Waals surface area contributed by atoms with Gasteiger partial charge in [-0.1, -0.05) is 5.16 Å². The van der Waals surface area contributed by atoms with E-state index in [0.29, 0.717) is 5.89 Å². The number of nitrogens with zero attached hydrogens (tertiary/aromatic N) is 4. The molecule has 0 saturated heterocycles. The molecule has 6 nitrogen and oxygen atoms in total. The first kappa shape index (κ1) is 12.8. The largest absolute Gasteiger partial charge is 0.340 e. The van der Waals surface area contributed by atoms with E-state index in [4.69, 9.17) is 4.52 Å². The maximum atomic E-state index is 4.98. The van der Waals surface area contributed by atoms with Crippen LogP contribution < -0.4 is 5.32 Å². The fourth-order valence-electron chi connectivity index (χ4n) is 1.57. The maximum absolute atomic E-state index is 4.98. The molecule has 0 aromatic carbocycles. The molecule has 0 aliphatic rings. The van der Waals surface area contributed by atoms with Gasteiger partial charge in [0.25, 0.3) is 0 Å². The summed E-state index contributed by atoms with van der Waals surface area (Å²) in [4.78, 5) is 8.18. The fraction of sp³-hybridized carbons (Fsp3) is 0.583. The standard InChI is InChI=1S/C12H19N5O/c1-12(2,3)15-7-10-6-13-9-17(10)5-4-11-14-8-16-18-11/h6,8-9,15H,4-5,7H2,1-3H3. The quantitative estimate of drug-likeness (QED) is 0.867. The highest BCUT2D eigenvalue weighted by Crippen LogP contribution is 2.05. The summed E-state index contributed by atoms with van der Waals surface area (Å²) in [6, 6.07) is 0. The Bertz CT molecular complexity index is 469. The van der Waals surface area contributed by atoms with Gasteiger partial charge in [0.2, 0.25) is 5.89 Å². The van der Waals surface area contributed by atoms with Gasteiger partial charge in [-0.05, 0) is 20.8 Å². The van der Waals surface area contributed by atoms with Gasteiger partial charge < -0.3 is 14.4 Å². The van der Waals surface area contributed by atoms with Crippen LogP contribution in [0.1, 0.15) is 32.4 Å². The molecule has 0 spiro atoms. The SMILES string of the molecule is CC(C)(C)NCc1cncn1CCc1ncno1. The van der Waals surface area contributed by atoms with Crippen LogP contribution in [-0.2, 0) is 19.5 Å². The van der Waals surface area contributed by atoms with Gasteiger partial charge in [-0.15, -0.1) is 0 Å². The van der Waals surface area contributed by atoms with Crippen molar-refractivity contribution in [2.75, 3.05) is 0 Å². The third kappa shape index (κ3) is 3.66. The van der Waals surface area contributed by atoms with E-state index in [0.717, 1.165) is 25.2 Å². The number of hydrogen-bond acceptors (Lipinski definition) is 5. The summed E-state index contributed by atoms with van der Waals surface area (Å²) >= 11 is 0. The molecule has 0 saturated carbocycles. The van der Waals surface area contributed by atoms with Crippen molar-refractivity contribution in [3.05, 3.63) is 30.4 Å². The highest BCUT2D eigenvalue weighted by atomic mass is 16.5. The second-order valence-electron chi connectivity index (χ2n) is 5.27. The Morgan fingerprint density at radius 1 is 1.39 bits per heavy atom. The number of nitrogens with one attached hydrogen (secondary N) is 1. The zero-order valence-corrected chi connectivity index (χ0v) is 11.1. The molecule has 18 heavy (non-hydrogen) atoms. The molecule has 0 fully saturated rings. The first-order chi connectivity index (χ1) is 8.54. The third-order valence-corrected chi connectivity index (χ3v) is 2.57. The van der Waals surface area contributed by atoms with Crippen LogP contribution in [0.3, 0.4) is 0 Å². The van der Waals surface area contributed by atoms with E-state index < -0.39 is 0 Å². The average Bonchev–Trinajstić information content (AvgIpc) is 2.94. The second-order valence-corrected chi connectivity index (χ2v) is 5.27.